The van der Waals surface area contributed by atoms with Crippen molar-refractivity contribution in [2.45, 2.75) is 24.9 Å². The SMILES string of the molecule is CCn1c(=NC(=O)c2ccc(S(=O)(=O)N(C)Cc3ccco3)cc2)sc2cc(OC)ccc21. The Hall–Kier alpha value is -3.21. The molecule has 2 aromatic carbocycles. The number of methoxy groups -OCH3 is 1. The lowest BCUT2D eigenvalue weighted by atomic mass is 10.2. The van der Waals surface area contributed by atoms with E-state index in [1.54, 1.807) is 19.2 Å². The van der Waals surface area contributed by atoms with Crippen LogP contribution in [0.4, 0.5) is 0 Å². The molecule has 0 radical (unpaired) electrons. The Morgan fingerprint density at radius 2 is 1.94 bits per heavy atom. The topological polar surface area (TPSA) is 94.1 Å². The van der Waals surface area contributed by atoms with E-state index >= 15 is 0 Å². The molecule has 10 heteroatoms. The van der Waals surface area contributed by atoms with Crippen LogP contribution in [-0.4, -0.2) is 37.4 Å². The van der Waals surface area contributed by atoms with Crippen molar-refractivity contribution in [3.8, 4) is 5.75 Å². The normalized spacial score (nSPS) is 12.5. The van der Waals surface area contributed by atoms with Crippen LogP contribution in [0.3, 0.4) is 0 Å². The quantitative estimate of drug-likeness (QED) is 0.396. The highest BCUT2D eigenvalue weighted by atomic mass is 32.2. The van der Waals surface area contributed by atoms with Gasteiger partial charge in [0.25, 0.3) is 5.91 Å². The van der Waals surface area contributed by atoms with Gasteiger partial charge in [-0.25, -0.2) is 8.42 Å². The molecule has 8 nitrogen and oxygen atoms in total. The van der Waals surface area contributed by atoms with Crippen LogP contribution in [0.15, 0.2) is 75.2 Å². The van der Waals surface area contributed by atoms with Crippen molar-refractivity contribution in [3.63, 3.8) is 0 Å². The Kier molecular flexibility index (Phi) is 6.50. The molecule has 0 atom stereocenters. The average molecular weight is 486 g/mol. The van der Waals surface area contributed by atoms with Crippen LogP contribution in [0.25, 0.3) is 10.2 Å². The summed E-state index contributed by atoms with van der Waals surface area (Å²) >= 11 is 1.40. The Morgan fingerprint density at radius 3 is 2.58 bits per heavy atom. The minimum Gasteiger partial charge on any atom is -0.497 e. The van der Waals surface area contributed by atoms with E-state index in [4.69, 9.17) is 9.15 Å². The number of nitrogens with zero attached hydrogens (tertiary/aromatic N) is 3. The lowest BCUT2D eigenvalue weighted by molar-refractivity contribution is 0.0997. The van der Waals surface area contributed by atoms with Crippen molar-refractivity contribution < 1.29 is 22.4 Å². The molecule has 0 saturated carbocycles. The highest BCUT2D eigenvalue weighted by Gasteiger charge is 2.22. The third-order valence-corrected chi connectivity index (χ3v) is 8.03. The molecule has 172 valence electrons. The number of ether oxygens (including phenoxy) is 1. The first-order valence-corrected chi connectivity index (χ1v) is 12.4. The number of thiazole rings is 1. The van der Waals surface area contributed by atoms with Crippen molar-refractivity contribution in [2.75, 3.05) is 14.2 Å². The molecule has 0 unspecified atom stereocenters. The number of carbonyl (C=O) groups excluding carboxylic acids is 1. The van der Waals surface area contributed by atoms with Crippen molar-refractivity contribution >= 4 is 37.5 Å². The Balaban J connectivity index is 1.60. The van der Waals surface area contributed by atoms with Crippen LogP contribution in [-0.2, 0) is 23.1 Å². The van der Waals surface area contributed by atoms with Crippen molar-refractivity contribution in [1.29, 1.82) is 0 Å². The van der Waals surface area contributed by atoms with Crippen LogP contribution in [0.1, 0.15) is 23.0 Å². The van der Waals surface area contributed by atoms with Crippen molar-refractivity contribution in [3.05, 3.63) is 77.0 Å². The second kappa shape index (κ2) is 9.34. The van der Waals surface area contributed by atoms with Gasteiger partial charge in [0.15, 0.2) is 4.80 Å². The van der Waals surface area contributed by atoms with E-state index in [1.807, 2.05) is 29.7 Å². The predicted molar refractivity (Wildman–Crippen MR) is 126 cm³/mol. The van der Waals surface area contributed by atoms with Crippen LogP contribution in [0, 0.1) is 0 Å². The summed E-state index contributed by atoms with van der Waals surface area (Å²) in [4.78, 5) is 17.8. The van der Waals surface area contributed by atoms with Crippen LogP contribution in [0.2, 0.25) is 0 Å². The summed E-state index contributed by atoms with van der Waals surface area (Å²) in [7, 11) is -0.648. The molecular formula is C23H23N3O5S2. The zero-order valence-corrected chi connectivity index (χ0v) is 20.0. The fourth-order valence-corrected chi connectivity index (χ4v) is 5.64. The number of hydrogen-bond acceptors (Lipinski definition) is 6. The monoisotopic (exact) mass is 485 g/mol. The molecule has 2 heterocycles. The highest BCUT2D eigenvalue weighted by molar-refractivity contribution is 7.89. The number of carbonyl (C=O) groups is 1. The molecule has 1 amide bonds. The maximum Gasteiger partial charge on any atom is 0.279 e. The molecule has 0 aliphatic carbocycles. The number of rotatable bonds is 7. The van der Waals surface area contributed by atoms with E-state index in [0.29, 0.717) is 22.7 Å². The maximum atomic E-state index is 12.8. The van der Waals surface area contributed by atoms with E-state index < -0.39 is 15.9 Å². The second-order valence-electron chi connectivity index (χ2n) is 7.24. The van der Waals surface area contributed by atoms with Gasteiger partial charge in [-0.2, -0.15) is 9.30 Å². The van der Waals surface area contributed by atoms with E-state index in [1.165, 1.54) is 53.2 Å². The summed E-state index contributed by atoms with van der Waals surface area (Å²) in [5.74, 6) is 0.833. The molecule has 4 aromatic rings. The fraction of sp³-hybridized carbons (Fsp3) is 0.217. The maximum absolute atomic E-state index is 12.8. The summed E-state index contributed by atoms with van der Waals surface area (Å²) < 4.78 is 40.3. The summed E-state index contributed by atoms with van der Waals surface area (Å²) in [5.41, 5.74) is 1.27. The number of sulfonamides is 1. The second-order valence-corrected chi connectivity index (χ2v) is 10.3. The molecule has 0 N–H and O–H groups in total. The average Bonchev–Trinajstić information content (AvgIpc) is 3.45. The molecular weight excluding hydrogens is 462 g/mol. The van der Waals surface area contributed by atoms with Gasteiger partial charge >= 0.3 is 0 Å². The third kappa shape index (κ3) is 4.63. The van der Waals surface area contributed by atoms with Gasteiger partial charge in [-0.3, -0.25) is 4.79 Å². The standard InChI is InChI=1S/C23H23N3O5S2/c1-4-26-20-12-9-17(30-3)14-21(20)32-23(26)24-22(27)16-7-10-19(11-8-16)33(28,29)25(2)15-18-6-5-13-31-18/h5-14H,4,15H2,1-3H3. The number of hydrogen-bond donors (Lipinski definition) is 0. The summed E-state index contributed by atoms with van der Waals surface area (Å²) in [5, 5.41) is 0. The predicted octanol–water partition coefficient (Wildman–Crippen LogP) is 3.89. The zero-order chi connectivity index (χ0) is 23.6. The highest BCUT2D eigenvalue weighted by Crippen LogP contribution is 2.23. The lowest BCUT2D eigenvalue weighted by Crippen LogP contribution is -2.26. The molecule has 0 fully saturated rings. The summed E-state index contributed by atoms with van der Waals surface area (Å²) in [6, 6.07) is 14.9. The van der Waals surface area contributed by atoms with Gasteiger partial charge in [-0.15, -0.1) is 0 Å². The van der Waals surface area contributed by atoms with Gasteiger partial charge in [0.1, 0.15) is 11.5 Å². The van der Waals surface area contributed by atoms with E-state index in [2.05, 4.69) is 4.99 Å². The largest absolute Gasteiger partial charge is 0.497 e. The molecule has 0 spiro atoms. The lowest BCUT2D eigenvalue weighted by Gasteiger charge is -2.16. The number of benzene rings is 2. The molecule has 0 saturated heterocycles. The first kappa shape index (κ1) is 23.0. The number of amides is 1. The molecule has 4 rings (SSSR count). The molecule has 0 aliphatic heterocycles. The number of aryl methyl sites for hydroxylation is 1. The third-order valence-electron chi connectivity index (χ3n) is 5.17. The van der Waals surface area contributed by atoms with Crippen molar-refractivity contribution in [1.82, 2.24) is 8.87 Å². The Bertz CT molecular complexity index is 1450. The van der Waals surface area contributed by atoms with Gasteiger partial charge < -0.3 is 13.7 Å². The first-order valence-electron chi connectivity index (χ1n) is 10.2. The fourth-order valence-electron chi connectivity index (χ4n) is 3.38. The van der Waals surface area contributed by atoms with Crippen LogP contribution >= 0.6 is 11.3 Å². The first-order chi connectivity index (χ1) is 15.8. The van der Waals surface area contributed by atoms with E-state index in [9.17, 15) is 13.2 Å². The van der Waals surface area contributed by atoms with Gasteiger partial charge in [0.2, 0.25) is 10.0 Å². The summed E-state index contributed by atoms with van der Waals surface area (Å²) in [6.45, 7) is 2.75. The minimum absolute atomic E-state index is 0.0886. The smallest absolute Gasteiger partial charge is 0.279 e. The number of furan rings is 1. The Morgan fingerprint density at radius 1 is 1.18 bits per heavy atom. The van der Waals surface area contributed by atoms with Gasteiger partial charge in [0, 0.05) is 19.2 Å². The molecule has 0 bridgehead atoms. The van der Waals surface area contributed by atoms with Gasteiger partial charge in [0.05, 0.1) is 35.0 Å². The Labute approximate surface area is 195 Å². The molecule has 2 aromatic heterocycles. The van der Waals surface area contributed by atoms with Crippen LogP contribution < -0.4 is 9.54 Å². The van der Waals surface area contributed by atoms with Crippen LogP contribution in [0.5, 0.6) is 5.75 Å². The molecule has 0 aliphatic rings. The zero-order valence-electron chi connectivity index (χ0n) is 18.4. The van der Waals surface area contributed by atoms with Crippen molar-refractivity contribution in [2.24, 2.45) is 4.99 Å². The minimum atomic E-state index is -3.73. The number of fused-ring (bicyclic) bond motifs is 1. The van der Waals surface area contributed by atoms with Gasteiger partial charge in [-0.05, 0) is 61.5 Å². The molecule has 33 heavy (non-hydrogen) atoms. The van der Waals surface area contributed by atoms with E-state index in [-0.39, 0.29) is 11.4 Å². The van der Waals surface area contributed by atoms with Gasteiger partial charge in [-0.1, -0.05) is 11.3 Å². The van der Waals surface area contributed by atoms with E-state index in [0.717, 1.165) is 16.0 Å². The summed E-state index contributed by atoms with van der Waals surface area (Å²) in [6.07, 6.45) is 1.50. The number of aromatic nitrogens is 1.